The van der Waals surface area contributed by atoms with E-state index in [0.29, 0.717) is 59.7 Å². The average Bonchev–Trinajstić information content (AvgIpc) is 0.757. The number of nitrogens with one attached hydrogen (secondary N) is 2. The molecule has 0 aliphatic rings. The molecule has 10 aromatic rings. The van der Waals surface area contributed by atoms with Gasteiger partial charge in [-0.15, -0.1) is 0 Å². The van der Waals surface area contributed by atoms with Crippen LogP contribution in [0.5, 0.6) is 0 Å². The molecule has 0 spiro atoms. The van der Waals surface area contributed by atoms with Gasteiger partial charge in [-0.2, -0.15) is 105 Å². The largest absolute Gasteiger partial charge is 0.416 e. The monoisotopic (exact) mass is 1340 g/mol. The molecule has 10 rings (SSSR count). The third-order valence-corrected chi connectivity index (χ3v) is 14.5. The number of pyridine rings is 2. The maximum atomic E-state index is 14.4. The summed E-state index contributed by atoms with van der Waals surface area (Å²) in [5.74, 6) is 0. The quantitative estimate of drug-likeness (QED) is 0.127. The lowest BCUT2D eigenvalue weighted by molar-refractivity contribution is -0.144. The lowest BCUT2D eigenvalue weighted by Crippen LogP contribution is -2.12. The highest BCUT2D eigenvalue weighted by Crippen LogP contribution is 2.51. The number of anilines is 4. The van der Waals surface area contributed by atoms with E-state index in [9.17, 15) is 105 Å². The smallest absolute Gasteiger partial charge is 0.355 e. The van der Waals surface area contributed by atoms with E-state index in [-0.39, 0.29) is 58.1 Å². The van der Waals surface area contributed by atoms with Gasteiger partial charge in [-0.1, -0.05) is 36.4 Å². The Labute approximate surface area is 513 Å². The average molecular weight is 1340 g/mol. The van der Waals surface area contributed by atoms with Gasteiger partial charge in [-0.25, -0.2) is 0 Å². The summed E-state index contributed by atoms with van der Waals surface area (Å²) in [5, 5.41) is 5.69. The fourth-order valence-electron chi connectivity index (χ4n) is 10.2. The van der Waals surface area contributed by atoms with E-state index < -0.39 is 150 Å². The van der Waals surface area contributed by atoms with Crippen molar-refractivity contribution in [1.29, 1.82) is 0 Å². The molecular weight excluding hydrogens is 1300 g/mol. The molecule has 8 aromatic carbocycles. The predicted molar refractivity (Wildman–Crippen MR) is 300 cm³/mol. The van der Waals surface area contributed by atoms with Gasteiger partial charge in [0.25, 0.3) is 0 Å². The molecule has 94 heavy (non-hydrogen) atoms. The Morgan fingerprint density at radius 3 is 0.606 bits per heavy atom. The lowest BCUT2D eigenvalue weighted by Gasteiger charge is -2.22. The van der Waals surface area contributed by atoms with E-state index in [1.807, 2.05) is 0 Å². The van der Waals surface area contributed by atoms with Crippen molar-refractivity contribution in [3.8, 4) is 77.9 Å². The molecule has 486 valence electrons. The highest BCUT2D eigenvalue weighted by molar-refractivity contribution is 5.99. The number of hydrogen-bond acceptors (Lipinski definition) is 4. The van der Waals surface area contributed by atoms with Crippen LogP contribution in [0.1, 0.15) is 44.5 Å². The van der Waals surface area contributed by atoms with Crippen LogP contribution in [0.4, 0.5) is 128 Å². The van der Waals surface area contributed by atoms with Crippen molar-refractivity contribution in [3.05, 3.63) is 239 Å². The summed E-state index contributed by atoms with van der Waals surface area (Å²) in [6, 6.07) is 21.7. The van der Waals surface area contributed by atoms with Crippen LogP contribution in [0, 0.1) is 0 Å². The number of halogens is 24. The van der Waals surface area contributed by atoms with Gasteiger partial charge in [0.2, 0.25) is 0 Å². The molecule has 0 bridgehead atoms. The summed E-state index contributed by atoms with van der Waals surface area (Å²) in [4.78, 5) is 7.84. The first kappa shape index (κ1) is 66.9. The van der Waals surface area contributed by atoms with Crippen molar-refractivity contribution in [2.45, 2.75) is 49.4 Å². The first-order valence-corrected chi connectivity index (χ1v) is 26.7. The number of aromatic nitrogens is 2. The van der Waals surface area contributed by atoms with Gasteiger partial charge in [0.05, 0.1) is 44.5 Å². The topological polar surface area (TPSA) is 49.8 Å². The Balaban J connectivity index is 1.08. The van der Waals surface area contributed by atoms with Crippen LogP contribution in [-0.4, -0.2) is 9.97 Å². The van der Waals surface area contributed by atoms with E-state index in [1.165, 1.54) is 85.2 Å². The van der Waals surface area contributed by atoms with Crippen molar-refractivity contribution in [3.63, 3.8) is 0 Å². The molecule has 0 saturated carbocycles. The Bertz CT molecular complexity index is 3840. The van der Waals surface area contributed by atoms with Gasteiger partial charge in [0.15, 0.2) is 0 Å². The summed E-state index contributed by atoms with van der Waals surface area (Å²) in [7, 11) is 0. The molecule has 28 heteroatoms. The third kappa shape index (κ3) is 14.9. The SMILES string of the molecule is FC(F)(F)c1cc(-c2cc(Nc3ccc(-c4ccc(Nc5cc(-c6cc(C(F)(F)F)cc(C(F)(F)F)c6)c(-c6cccnc6)c(-c6cc(C(F)(F)F)cc(C(F)(F)F)c6)c5)cc4)cc3)cc(-c3cc(C(F)(F)F)cc(C(F)(F)F)c3)c2-c2cccnc2)cc(C(F)(F)F)c1. The Kier molecular flexibility index (Phi) is 17.2. The van der Waals surface area contributed by atoms with Crippen LogP contribution < -0.4 is 10.6 Å². The van der Waals surface area contributed by atoms with Crippen molar-refractivity contribution in [2.75, 3.05) is 10.6 Å². The first-order chi connectivity index (χ1) is 43.6. The molecule has 2 N–H and O–H groups in total. The normalized spacial score (nSPS) is 12.9. The number of hydrogen-bond donors (Lipinski definition) is 2. The fourth-order valence-corrected chi connectivity index (χ4v) is 10.2. The van der Waals surface area contributed by atoms with Crippen LogP contribution in [0.3, 0.4) is 0 Å². The van der Waals surface area contributed by atoms with Crippen molar-refractivity contribution < 1.29 is 105 Å². The molecule has 0 radical (unpaired) electrons. The number of rotatable bonds is 11. The standard InChI is InChI=1S/C66H34F24N4/c67-59(68,69)41-15-37(16-42(23-41)60(70,71)72)53-27-51(28-54(57(53)35-3-1-13-91-31-35)38-17-43(61(73,74)75)24-44(18-38)62(76,77)78)93-49-9-5-33(6-10-49)34-7-11-50(12-8-34)94-52-29-55(39-19-45(63(79,80)81)25-46(20-39)64(82,83)84)58(36-4-2-14-92-32-36)56(30-52)40-21-47(65(85,86)87)26-48(22-40)66(88,89)90/h1-32,93-94H. The van der Waals surface area contributed by atoms with E-state index in [0.717, 1.165) is 36.7 Å². The van der Waals surface area contributed by atoms with Gasteiger partial charge < -0.3 is 10.6 Å². The maximum Gasteiger partial charge on any atom is 0.416 e. The molecule has 0 aliphatic heterocycles. The molecule has 4 nitrogen and oxygen atoms in total. The lowest BCUT2D eigenvalue weighted by atomic mass is 9.85. The van der Waals surface area contributed by atoms with E-state index >= 15 is 0 Å². The van der Waals surface area contributed by atoms with Crippen molar-refractivity contribution in [2.24, 2.45) is 0 Å². The second-order valence-electron chi connectivity index (χ2n) is 21.0. The number of nitrogens with zero attached hydrogens (tertiary/aromatic N) is 2. The van der Waals surface area contributed by atoms with Crippen LogP contribution in [0.25, 0.3) is 77.9 Å². The molecule has 0 aliphatic carbocycles. The number of alkyl halides is 24. The molecular formula is C66H34F24N4. The minimum absolute atomic E-state index is 0.0423. The zero-order valence-electron chi connectivity index (χ0n) is 46.4. The van der Waals surface area contributed by atoms with E-state index in [1.54, 1.807) is 0 Å². The van der Waals surface area contributed by atoms with Crippen LogP contribution in [0.2, 0.25) is 0 Å². The van der Waals surface area contributed by atoms with Crippen molar-refractivity contribution in [1.82, 2.24) is 9.97 Å². The van der Waals surface area contributed by atoms with Gasteiger partial charge in [-0.3, -0.25) is 9.97 Å². The van der Waals surface area contributed by atoms with Gasteiger partial charge in [0.1, 0.15) is 0 Å². The minimum Gasteiger partial charge on any atom is -0.355 e. The second kappa shape index (κ2) is 24.1. The van der Waals surface area contributed by atoms with Crippen LogP contribution in [0.15, 0.2) is 195 Å². The molecule has 2 heterocycles. The predicted octanol–water partition coefficient (Wildman–Crippen LogP) is 23.8. The van der Waals surface area contributed by atoms with Gasteiger partial charge >= 0.3 is 49.4 Å². The summed E-state index contributed by atoms with van der Waals surface area (Å²) >= 11 is 0. The van der Waals surface area contributed by atoms with Crippen LogP contribution in [-0.2, 0) is 49.4 Å². The summed E-state index contributed by atoms with van der Waals surface area (Å²) in [6.07, 6.45) is -39.1. The zero-order valence-corrected chi connectivity index (χ0v) is 46.4. The molecule has 0 unspecified atom stereocenters. The molecule has 0 amide bonds. The number of benzene rings is 8. The Morgan fingerprint density at radius 1 is 0.213 bits per heavy atom. The molecule has 0 saturated heterocycles. The van der Waals surface area contributed by atoms with Crippen molar-refractivity contribution >= 4 is 22.7 Å². The second-order valence-corrected chi connectivity index (χ2v) is 21.0. The molecule has 2 aromatic heterocycles. The Hall–Kier alpha value is -10.0. The fraction of sp³-hybridized carbons (Fsp3) is 0.121. The van der Waals surface area contributed by atoms with Gasteiger partial charge in [-0.05, 0) is 200 Å². The zero-order chi connectivity index (χ0) is 68.5. The van der Waals surface area contributed by atoms with Crippen LogP contribution >= 0.6 is 0 Å². The highest BCUT2D eigenvalue weighted by atomic mass is 19.4. The summed E-state index contributed by atoms with van der Waals surface area (Å²) in [6.45, 7) is 0. The van der Waals surface area contributed by atoms with Gasteiger partial charge in [0, 0.05) is 58.7 Å². The van der Waals surface area contributed by atoms with E-state index in [2.05, 4.69) is 20.6 Å². The minimum atomic E-state index is -5.44. The third-order valence-electron chi connectivity index (χ3n) is 14.5. The molecule has 0 atom stereocenters. The summed E-state index contributed by atoms with van der Waals surface area (Å²) < 4.78 is 345. The molecule has 0 fully saturated rings. The van der Waals surface area contributed by atoms with E-state index in [4.69, 9.17) is 0 Å². The highest BCUT2D eigenvalue weighted by Gasteiger charge is 2.42. The maximum absolute atomic E-state index is 14.4. The first-order valence-electron chi connectivity index (χ1n) is 26.7. The summed E-state index contributed by atoms with van der Waals surface area (Å²) in [5.41, 5.74) is -21.3. The Morgan fingerprint density at radius 2 is 0.426 bits per heavy atom.